The molecule has 0 saturated carbocycles. The highest BCUT2D eigenvalue weighted by molar-refractivity contribution is 6.55. The molecule has 2 atom stereocenters. The molecule has 0 aromatic heterocycles. The van der Waals surface area contributed by atoms with Gasteiger partial charge in [0.25, 0.3) is 0 Å². The second kappa shape index (κ2) is 8.45. The molecule has 0 radical (unpaired) electrons. The minimum Gasteiger partial charge on any atom is -0.417 e. The van der Waals surface area contributed by atoms with E-state index in [2.05, 4.69) is 27.7 Å². The van der Waals surface area contributed by atoms with E-state index >= 15 is 0 Å². The second-order valence-electron chi connectivity index (χ2n) is 4.10. The van der Waals surface area contributed by atoms with E-state index < -0.39 is 9.04 Å². The number of hydrogen-bond donors (Lipinski definition) is 0. The summed E-state index contributed by atoms with van der Waals surface area (Å²) in [6.45, 7) is 10.7. The van der Waals surface area contributed by atoms with E-state index in [1.54, 1.807) is 7.11 Å². The molecule has 0 aromatic carbocycles. The van der Waals surface area contributed by atoms with Gasteiger partial charge in [-0.05, 0) is 11.1 Å². The van der Waals surface area contributed by atoms with Crippen molar-refractivity contribution in [2.24, 2.45) is 0 Å². The molecule has 0 aromatic rings. The monoisotopic (exact) mass is 218 g/mol. The van der Waals surface area contributed by atoms with Crippen LogP contribution in [0, 0.1) is 0 Å². The first-order valence-corrected chi connectivity index (χ1v) is 7.58. The Morgan fingerprint density at radius 3 is 1.86 bits per heavy atom. The Bertz CT molecular complexity index is 120. The van der Waals surface area contributed by atoms with Crippen LogP contribution in [0.5, 0.6) is 0 Å². The van der Waals surface area contributed by atoms with Crippen LogP contribution in [0.3, 0.4) is 0 Å². The van der Waals surface area contributed by atoms with Crippen molar-refractivity contribution in [2.75, 3.05) is 20.3 Å². The number of methoxy groups -OCH3 is 1. The average molecular weight is 218 g/mol. The third-order valence-corrected chi connectivity index (χ3v) is 6.81. The zero-order valence-electron chi connectivity index (χ0n) is 10.4. The summed E-state index contributed by atoms with van der Waals surface area (Å²) in [5.41, 5.74) is 1.56. The van der Waals surface area contributed by atoms with E-state index in [1.807, 2.05) is 0 Å². The number of hydrogen-bond acceptors (Lipinski definition) is 2. The van der Waals surface area contributed by atoms with Crippen LogP contribution in [0.15, 0.2) is 0 Å². The third kappa shape index (κ3) is 5.13. The van der Waals surface area contributed by atoms with Crippen molar-refractivity contribution in [3.05, 3.63) is 0 Å². The summed E-state index contributed by atoms with van der Waals surface area (Å²) in [5.74, 6) is 0. The summed E-state index contributed by atoms with van der Waals surface area (Å²) in [4.78, 5) is 0. The highest BCUT2D eigenvalue weighted by atomic mass is 28.3. The first-order valence-electron chi connectivity index (χ1n) is 5.77. The van der Waals surface area contributed by atoms with Crippen molar-refractivity contribution in [1.82, 2.24) is 0 Å². The molecule has 0 saturated heterocycles. The molecule has 0 N–H and O–H groups in total. The fourth-order valence-electron chi connectivity index (χ4n) is 1.62. The maximum absolute atomic E-state index is 6.00. The molecule has 14 heavy (non-hydrogen) atoms. The van der Waals surface area contributed by atoms with E-state index in [0.29, 0.717) is 0 Å². The van der Waals surface area contributed by atoms with Crippen molar-refractivity contribution in [2.45, 2.75) is 51.6 Å². The van der Waals surface area contributed by atoms with Crippen LogP contribution in [-0.4, -0.2) is 29.4 Å². The first-order chi connectivity index (χ1) is 6.67. The topological polar surface area (TPSA) is 18.5 Å². The SMILES string of the molecule is CCC(C)[SiH](OCCOC)C(C)CC. The lowest BCUT2D eigenvalue weighted by molar-refractivity contribution is 0.142. The van der Waals surface area contributed by atoms with Gasteiger partial charge in [0.2, 0.25) is 0 Å². The molecule has 0 spiro atoms. The van der Waals surface area contributed by atoms with Gasteiger partial charge in [-0.25, -0.2) is 0 Å². The predicted molar refractivity (Wildman–Crippen MR) is 64.4 cm³/mol. The van der Waals surface area contributed by atoms with Crippen molar-refractivity contribution in [3.8, 4) is 0 Å². The van der Waals surface area contributed by atoms with E-state index in [4.69, 9.17) is 9.16 Å². The Kier molecular flexibility index (Phi) is 8.53. The Labute approximate surface area is 90.7 Å². The van der Waals surface area contributed by atoms with E-state index in [1.165, 1.54) is 12.8 Å². The normalized spacial score (nSPS) is 17.8. The first kappa shape index (κ1) is 14.1. The summed E-state index contributed by atoms with van der Waals surface area (Å²) in [7, 11) is 0.695. The van der Waals surface area contributed by atoms with Crippen molar-refractivity contribution in [1.29, 1.82) is 0 Å². The Balaban J connectivity index is 3.97. The minimum absolute atomic E-state index is 0.733. The van der Waals surface area contributed by atoms with E-state index in [0.717, 1.165) is 24.3 Å². The predicted octanol–water partition coefficient (Wildman–Crippen LogP) is 2.97. The molecular weight excluding hydrogens is 192 g/mol. The molecule has 0 fully saturated rings. The van der Waals surface area contributed by atoms with Crippen LogP contribution >= 0.6 is 0 Å². The van der Waals surface area contributed by atoms with Crippen LogP contribution in [0.2, 0.25) is 11.1 Å². The highest BCUT2D eigenvalue weighted by Crippen LogP contribution is 2.26. The molecule has 0 bridgehead atoms. The van der Waals surface area contributed by atoms with Gasteiger partial charge in [-0.15, -0.1) is 0 Å². The molecule has 0 rings (SSSR count). The standard InChI is InChI=1S/C11H26O2Si/c1-6-10(3)14(11(4)7-2)13-9-8-12-5/h10-11,14H,6-9H2,1-5H3. The lowest BCUT2D eigenvalue weighted by atomic mass is 10.4. The van der Waals surface area contributed by atoms with Crippen LogP contribution in [0.4, 0.5) is 0 Å². The smallest absolute Gasteiger partial charge is 0.182 e. The molecule has 0 aliphatic rings. The van der Waals surface area contributed by atoms with Crippen molar-refractivity contribution in [3.63, 3.8) is 0 Å². The quantitative estimate of drug-likeness (QED) is 0.461. The van der Waals surface area contributed by atoms with Gasteiger partial charge >= 0.3 is 0 Å². The molecule has 0 aliphatic heterocycles. The van der Waals surface area contributed by atoms with E-state index in [9.17, 15) is 0 Å². The van der Waals surface area contributed by atoms with Gasteiger partial charge in [0, 0.05) is 7.11 Å². The third-order valence-electron chi connectivity index (χ3n) is 3.01. The maximum atomic E-state index is 6.00. The van der Waals surface area contributed by atoms with Gasteiger partial charge < -0.3 is 9.16 Å². The van der Waals surface area contributed by atoms with Gasteiger partial charge in [0.15, 0.2) is 9.04 Å². The fraction of sp³-hybridized carbons (Fsp3) is 1.00. The second-order valence-corrected chi connectivity index (χ2v) is 7.64. The lowest BCUT2D eigenvalue weighted by Crippen LogP contribution is -2.29. The van der Waals surface area contributed by atoms with Gasteiger partial charge in [0.05, 0.1) is 13.2 Å². The van der Waals surface area contributed by atoms with Gasteiger partial charge in [-0.3, -0.25) is 0 Å². The van der Waals surface area contributed by atoms with Crippen LogP contribution in [0.25, 0.3) is 0 Å². The molecular formula is C11H26O2Si. The summed E-state index contributed by atoms with van der Waals surface area (Å²) in [6, 6.07) is 0. The van der Waals surface area contributed by atoms with E-state index in [-0.39, 0.29) is 0 Å². The van der Waals surface area contributed by atoms with Gasteiger partial charge in [0.1, 0.15) is 0 Å². The molecule has 2 nitrogen and oxygen atoms in total. The van der Waals surface area contributed by atoms with Crippen LogP contribution < -0.4 is 0 Å². The average Bonchev–Trinajstić information content (AvgIpc) is 2.22. The van der Waals surface area contributed by atoms with Crippen molar-refractivity contribution < 1.29 is 9.16 Å². The van der Waals surface area contributed by atoms with Crippen LogP contribution in [0.1, 0.15) is 40.5 Å². The largest absolute Gasteiger partial charge is 0.417 e. The van der Waals surface area contributed by atoms with Crippen molar-refractivity contribution >= 4 is 9.04 Å². The van der Waals surface area contributed by atoms with Gasteiger partial charge in [-0.2, -0.15) is 0 Å². The Morgan fingerprint density at radius 1 is 1.00 bits per heavy atom. The number of ether oxygens (including phenoxy) is 1. The highest BCUT2D eigenvalue weighted by Gasteiger charge is 2.24. The molecule has 0 aliphatic carbocycles. The summed E-state index contributed by atoms with van der Waals surface area (Å²) >= 11 is 0. The lowest BCUT2D eigenvalue weighted by Gasteiger charge is -2.26. The zero-order chi connectivity index (χ0) is 11.0. The molecule has 3 heteroatoms. The summed E-state index contributed by atoms with van der Waals surface area (Å²) in [6.07, 6.45) is 2.49. The fourth-order valence-corrected chi connectivity index (χ4v) is 4.70. The Morgan fingerprint density at radius 2 is 1.50 bits per heavy atom. The van der Waals surface area contributed by atoms with Crippen LogP contribution in [-0.2, 0) is 9.16 Å². The molecule has 86 valence electrons. The minimum atomic E-state index is -1.03. The molecule has 0 heterocycles. The molecule has 2 unspecified atom stereocenters. The van der Waals surface area contributed by atoms with Gasteiger partial charge in [-0.1, -0.05) is 40.5 Å². The summed E-state index contributed by atoms with van der Waals surface area (Å²) in [5, 5.41) is 0. The zero-order valence-corrected chi connectivity index (χ0v) is 11.5. The number of rotatable bonds is 8. The summed E-state index contributed by atoms with van der Waals surface area (Å²) < 4.78 is 11.0. The maximum Gasteiger partial charge on any atom is 0.182 e. The molecule has 0 amide bonds. The Hall–Kier alpha value is 0.137.